The Balaban J connectivity index is 2.37. The lowest BCUT2D eigenvalue weighted by Gasteiger charge is -1.98. The number of benzene rings is 1. The molecule has 82 valence electrons. The first-order valence-corrected chi connectivity index (χ1v) is 4.98. The molecule has 0 saturated carbocycles. The Hall–Kier alpha value is -2.67. The zero-order valence-corrected chi connectivity index (χ0v) is 8.91. The number of hydrogen-bond donors (Lipinski definition) is 1. The molecule has 1 N–H and O–H groups in total. The van der Waals surface area contributed by atoms with Crippen LogP contribution in [0.5, 0.6) is 5.75 Å². The first kappa shape index (κ1) is 10.8. The number of phenols is 1. The van der Waals surface area contributed by atoms with Gasteiger partial charge in [-0.3, -0.25) is 4.98 Å². The maximum Gasteiger partial charge on any atom is 0.148 e. The molecule has 0 bridgehead atoms. The molecule has 0 amide bonds. The van der Waals surface area contributed by atoms with E-state index in [9.17, 15) is 0 Å². The zero-order valence-electron chi connectivity index (χ0n) is 8.91. The number of nitriles is 1. The summed E-state index contributed by atoms with van der Waals surface area (Å²) in [6.07, 6.45) is 3.22. The molecule has 0 aliphatic carbocycles. The fraction of sp³-hybridized carbons (Fsp3) is 0. The lowest BCUT2D eigenvalue weighted by molar-refractivity contribution is 0.475. The highest BCUT2D eigenvalue weighted by Gasteiger charge is 2.01. The number of aromatic nitrogens is 1. The second-order valence-corrected chi connectivity index (χ2v) is 3.32. The van der Waals surface area contributed by atoms with Crippen molar-refractivity contribution in [1.82, 2.24) is 4.98 Å². The summed E-state index contributed by atoms with van der Waals surface area (Å²) in [6.45, 7) is 0. The summed E-state index contributed by atoms with van der Waals surface area (Å²) in [6, 6.07) is 11.8. The minimum absolute atomic E-state index is 0.173. The van der Waals surface area contributed by atoms with Crippen LogP contribution in [0.4, 0.5) is 5.69 Å². The predicted octanol–water partition coefficient (Wildman–Crippen LogP) is 2.43. The van der Waals surface area contributed by atoms with E-state index in [2.05, 4.69) is 9.98 Å². The Kier molecular flexibility index (Phi) is 3.13. The van der Waals surface area contributed by atoms with Crippen LogP contribution in [-0.4, -0.2) is 15.8 Å². The van der Waals surface area contributed by atoms with Crippen molar-refractivity contribution in [3.63, 3.8) is 0 Å². The zero-order chi connectivity index (χ0) is 12.1. The van der Waals surface area contributed by atoms with E-state index >= 15 is 0 Å². The summed E-state index contributed by atoms with van der Waals surface area (Å²) in [5.74, 6) is 0.173. The van der Waals surface area contributed by atoms with Gasteiger partial charge in [-0.05, 0) is 36.4 Å². The Morgan fingerprint density at radius 3 is 2.35 bits per heavy atom. The molecule has 1 aromatic heterocycles. The number of hydrogen-bond acceptors (Lipinski definition) is 4. The molecular weight excluding hydrogens is 214 g/mol. The van der Waals surface area contributed by atoms with E-state index in [1.165, 1.54) is 12.1 Å². The van der Waals surface area contributed by atoms with Crippen molar-refractivity contribution in [2.75, 3.05) is 0 Å². The third kappa shape index (κ3) is 2.67. The highest BCUT2D eigenvalue weighted by atomic mass is 16.3. The molecule has 0 unspecified atom stereocenters. The molecule has 1 aromatic carbocycles. The number of aliphatic imine (C=N–C) groups is 1. The fourth-order valence-corrected chi connectivity index (χ4v) is 1.32. The van der Waals surface area contributed by atoms with Crippen LogP contribution in [0.2, 0.25) is 0 Å². The molecular formula is C13H9N3O. The molecule has 0 fully saturated rings. The van der Waals surface area contributed by atoms with E-state index in [0.29, 0.717) is 11.4 Å². The smallest absolute Gasteiger partial charge is 0.148 e. The number of aromatic hydroxyl groups is 1. The number of phenolic OH excluding ortho intramolecular Hbond substituents is 1. The van der Waals surface area contributed by atoms with Crippen LogP contribution in [-0.2, 0) is 0 Å². The summed E-state index contributed by atoms with van der Waals surface area (Å²) in [5, 5.41) is 18.2. The molecule has 4 heteroatoms. The topological polar surface area (TPSA) is 69.3 Å². The lowest BCUT2D eigenvalue weighted by Crippen LogP contribution is -1.96. The molecule has 0 spiro atoms. The number of rotatable bonds is 2. The van der Waals surface area contributed by atoms with Gasteiger partial charge in [0.1, 0.15) is 17.5 Å². The van der Waals surface area contributed by atoms with Crippen LogP contribution >= 0.6 is 0 Å². The molecule has 0 aliphatic heterocycles. The third-order valence-electron chi connectivity index (χ3n) is 2.15. The van der Waals surface area contributed by atoms with E-state index < -0.39 is 0 Å². The van der Waals surface area contributed by atoms with Gasteiger partial charge in [0, 0.05) is 18.0 Å². The highest BCUT2D eigenvalue weighted by molar-refractivity contribution is 6.12. The van der Waals surface area contributed by atoms with Crippen LogP contribution < -0.4 is 0 Å². The van der Waals surface area contributed by atoms with Crippen molar-refractivity contribution in [3.8, 4) is 11.8 Å². The lowest BCUT2D eigenvalue weighted by atomic mass is 10.2. The second-order valence-electron chi connectivity index (χ2n) is 3.32. The SMILES string of the molecule is N#CC(=Nc1ccc(O)cc1)c1ccncc1. The van der Waals surface area contributed by atoms with Gasteiger partial charge in [-0.1, -0.05) is 0 Å². The van der Waals surface area contributed by atoms with E-state index in [1.54, 1.807) is 36.7 Å². The Morgan fingerprint density at radius 1 is 1.12 bits per heavy atom. The molecule has 17 heavy (non-hydrogen) atoms. The fourth-order valence-electron chi connectivity index (χ4n) is 1.32. The van der Waals surface area contributed by atoms with Gasteiger partial charge < -0.3 is 5.11 Å². The summed E-state index contributed by atoms with van der Waals surface area (Å²) < 4.78 is 0. The van der Waals surface area contributed by atoms with Gasteiger partial charge in [0.15, 0.2) is 0 Å². The van der Waals surface area contributed by atoms with Gasteiger partial charge in [-0.25, -0.2) is 4.99 Å². The van der Waals surface area contributed by atoms with E-state index in [0.717, 1.165) is 5.56 Å². The standard InChI is InChI=1S/C13H9N3O/c14-9-13(10-5-7-15-8-6-10)16-11-1-3-12(17)4-2-11/h1-8,17H. The summed E-state index contributed by atoms with van der Waals surface area (Å²) in [7, 11) is 0. The molecule has 2 aromatic rings. The minimum Gasteiger partial charge on any atom is -0.508 e. The summed E-state index contributed by atoms with van der Waals surface area (Å²) >= 11 is 0. The molecule has 2 rings (SSSR count). The normalized spacial score (nSPS) is 10.9. The van der Waals surface area contributed by atoms with Crippen molar-refractivity contribution in [2.45, 2.75) is 0 Å². The Morgan fingerprint density at radius 2 is 1.76 bits per heavy atom. The maximum atomic E-state index is 9.14. The van der Waals surface area contributed by atoms with Gasteiger partial charge in [0.25, 0.3) is 0 Å². The van der Waals surface area contributed by atoms with E-state index in [4.69, 9.17) is 10.4 Å². The van der Waals surface area contributed by atoms with Crippen molar-refractivity contribution in [1.29, 1.82) is 5.26 Å². The maximum absolute atomic E-state index is 9.14. The second kappa shape index (κ2) is 4.90. The van der Waals surface area contributed by atoms with Crippen molar-refractivity contribution in [3.05, 3.63) is 54.4 Å². The van der Waals surface area contributed by atoms with Crippen molar-refractivity contribution < 1.29 is 5.11 Å². The Bertz CT molecular complexity index is 568. The van der Waals surface area contributed by atoms with Gasteiger partial charge in [-0.2, -0.15) is 5.26 Å². The minimum atomic E-state index is 0.173. The van der Waals surface area contributed by atoms with Crippen LogP contribution in [0.3, 0.4) is 0 Å². The van der Waals surface area contributed by atoms with Gasteiger partial charge in [-0.15, -0.1) is 0 Å². The van der Waals surface area contributed by atoms with Crippen LogP contribution in [0.1, 0.15) is 5.56 Å². The number of nitrogens with zero attached hydrogens (tertiary/aromatic N) is 3. The summed E-state index contributed by atoms with van der Waals surface area (Å²) in [5.41, 5.74) is 1.66. The summed E-state index contributed by atoms with van der Waals surface area (Å²) in [4.78, 5) is 8.09. The quantitative estimate of drug-likeness (QED) is 0.795. The van der Waals surface area contributed by atoms with E-state index in [-0.39, 0.29) is 5.75 Å². The first-order valence-electron chi connectivity index (χ1n) is 4.98. The Labute approximate surface area is 98.5 Å². The van der Waals surface area contributed by atoms with Gasteiger partial charge >= 0.3 is 0 Å². The first-order chi connectivity index (χ1) is 8.29. The largest absolute Gasteiger partial charge is 0.508 e. The molecule has 0 radical (unpaired) electrons. The van der Waals surface area contributed by atoms with Crippen LogP contribution in [0.25, 0.3) is 0 Å². The number of pyridine rings is 1. The van der Waals surface area contributed by atoms with E-state index in [1.807, 2.05) is 6.07 Å². The van der Waals surface area contributed by atoms with Crippen LogP contribution in [0.15, 0.2) is 53.8 Å². The molecule has 4 nitrogen and oxygen atoms in total. The predicted molar refractivity (Wildman–Crippen MR) is 64.2 cm³/mol. The average Bonchev–Trinajstić information content (AvgIpc) is 2.39. The van der Waals surface area contributed by atoms with Crippen molar-refractivity contribution >= 4 is 11.4 Å². The highest BCUT2D eigenvalue weighted by Crippen LogP contribution is 2.17. The molecule has 0 aliphatic rings. The molecule has 1 heterocycles. The van der Waals surface area contributed by atoms with Crippen molar-refractivity contribution in [2.24, 2.45) is 4.99 Å². The average molecular weight is 223 g/mol. The van der Waals surface area contributed by atoms with Gasteiger partial charge in [0.2, 0.25) is 0 Å². The molecule has 0 atom stereocenters. The van der Waals surface area contributed by atoms with Gasteiger partial charge in [0.05, 0.1) is 5.69 Å². The monoisotopic (exact) mass is 223 g/mol. The molecule has 0 saturated heterocycles. The van der Waals surface area contributed by atoms with Crippen LogP contribution in [0, 0.1) is 11.3 Å². The third-order valence-corrected chi connectivity index (χ3v) is 2.15.